The van der Waals surface area contributed by atoms with Crippen LogP contribution in [0.3, 0.4) is 0 Å². The molecule has 96 valence electrons. The van der Waals surface area contributed by atoms with Crippen molar-refractivity contribution in [1.82, 2.24) is 19.5 Å². The summed E-state index contributed by atoms with van der Waals surface area (Å²) in [5.41, 5.74) is 7.09. The summed E-state index contributed by atoms with van der Waals surface area (Å²) in [6, 6.07) is -0.644. The van der Waals surface area contributed by atoms with E-state index in [1.54, 1.807) is 10.8 Å². The summed E-state index contributed by atoms with van der Waals surface area (Å²) in [6.07, 6.45) is 2.32. The van der Waals surface area contributed by atoms with Crippen molar-refractivity contribution in [2.45, 2.75) is 24.5 Å². The first-order chi connectivity index (χ1) is 8.72. The lowest BCUT2D eigenvalue weighted by Gasteiger charge is -2.17. The molecule has 2 aromatic heterocycles. The molecule has 8 heteroatoms. The number of aliphatic hydroxyl groups excluding tert-OH is 2. The van der Waals surface area contributed by atoms with E-state index in [0.717, 1.165) is 0 Å². The number of hydrogen-bond acceptors (Lipinski definition) is 7. The first-order valence-electron chi connectivity index (χ1n) is 5.55. The molecule has 0 saturated carbocycles. The van der Waals surface area contributed by atoms with E-state index in [1.807, 2.05) is 0 Å². The van der Waals surface area contributed by atoms with Crippen molar-refractivity contribution < 1.29 is 14.9 Å². The van der Waals surface area contributed by atoms with Gasteiger partial charge < -0.3 is 20.7 Å². The molecule has 0 spiro atoms. The first-order valence-corrected chi connectivity index (χ1v) is 5.55. The lowest BCUT2D eigenvalue weighted by atomic mass is 10.1. The third-order valence-electron chi connectivity index (χ3n) is 3.11. The third-order valence-corrected chi connectivity index (χ3v) is 3.11. The molecule has 3 heterocycles. The predicted molar refractivity (Wildman–Crippen MR) is 60.3 cm³/mol. The number of nitrogens with zero attached hydrogens (tertiary/aromatic N) is 4. The molecule has 0 aliphatic carbocycles. The van der Waals surface area contributed by atoms with Crippen LogP contribution in [0.5, 0.6) is 0 Å². The summed E-state index contributed by atoms with van der Waals surface area (Å²) >= 11 is 0. The van der Waals surface area contributed by atoms with Crippen LogP contribution in [0.2, 0.25) is 0 Å². The van der Waals surface area contributed by atoms with E-state index in [0.29, 0.717) is 11.2 Å². The molecule has 1 aliphatic heterocycles. The molecule has 4 atom stereocenters. The summed E-state index contributed by atoms with van der Waals surface area (Å²) in [5, 5.41) is 18.9. The third kappa shape index (κ3) is 1.58. The number of nitrogens with two attached hydrogens (primary N) is 1. The molecule has 18 heavy (non-hydrogen) atoms. The maximum Gasteiger partial charge on any atom is 0.165 e. The second-order valence-corrected chi connectivity index (χ2v) is 4.20. The van der Waals surface area contributed by atoms with Gasteiger partial charge >= 0.3 is 0 Å². The van der Waals surface area contributed by atoms with Crippen LogP contribution < -0.4 is 5.73 Å². The molecular weight excluding hydrogens is 238 g/mol. The summed E-state index contributed by atoms with van der Waals surface area (Å²) in [5.74, 6) is 0. The second kappa shape index (κ2) is 4.25. The zero-order valence-corrected chi connectivity index (χ0v) is 9.42. The van der Waals surface area contributed by atoms with Gasteiger partial charge in [-0.25, -0.2) is 15.0 Å². The topological polar surface area (TPSA) is 119 Å². The van der Waals surface area contributed by atoms with Crippen LogP contribution in [-0.4, -0.2) is 54.6 Å². The Morgan fingerprint density at radius 2 is 2.28 bits per heavy atom. The SMILES string of the molecule is N[C@H]1C(n2cnc3cncnc32)O[C@H](CO)[C@H]1O. The molecule has 0 bridgehead atoms. The minimum atomic E-state index is -0.917. The van der Waals surface area contributed by atoms with Gasteiger partial charge in [-0.15, -0.1) is 0 Å². The number of aromatic nitrogens is 4. The smallest absolute Gasteiger partial charge is 0.165 e. The largest absolute Gasteiger partial charge is 0.394 e. The molecule has 1 fully saturated rings. The number of fused-ring (bicyclic) bond motifs is 1. The Morgan fingerprint density at radius 3 is 3.00 bits per heavy atom. The number of rotatable bonds is 2. The first kappa shape index (κ1) is 11.5. The highest BCUT2D eigenvalue weighted by atomic mass is 16.5. The van der Waals surface area contributed by atoms with Crippen molar-refractivity contribution in [3.63, 3.8) is 0 Å². The van der Waals surface area contributed by atoms with Gasteiger partial charge in [0, 0.05) is 0 Å². The van der Waals surface area contributed by atoms with Gasteiger partial charge in [-0.2, -0.15) is 0 Å². The normalized spacial score (nSPS) is 32.2. The van der Waals surface area contributed by atoms with Crippen molar-refractivity contribution in [2.75, 3.05) is 6.61 Å². The zero-order valence-electron chi connectivity index (χ0n) is 9.42. The van der Waals surface area contributed by atoms with E-state index >= 15 is 0 Å². The molecule has 8 nitrogen and oxygen atoms in total. The standard InChI is InChI=1S/C10H13N5O3/c11-7-8(17)6(2-16)18-10(7)15-4-14-5-1-12-3-13-9(5)15/h1,3-4,6-8,10,16-17H,2,11H2/t6-,7-,8-,10?/m1/s1. The number of imidazole rings is 1. The highest BCUT2D eigenvalue weighted by Gasteiger charge is 2.42. The van der Waals surface area contributed by atoms with Crippen LogP contribution in [0.1, 0.15) is 6.23 Å². The molecule has 0 amide bonds. The fourth-order valence-electron chi connectivity index (χ4n) is 2.14. The van der Waals surface area contributed by atoms with Crippen molar-refractivity contribution >= 4 is 11.2 Å². The average Bonchev–Trinajstić information content (AvgIpc) is 2.93. The molecule has 1 aliphatic rings. The summed E-state index contributed by atoms with van der Waals surface area (Å²) in [7, 11) is 0. The lowest BCUT2D eigenvalue weighted by Crippen LogP contribution is -2.39. The van der Waals surface area contributed by atoms with Crippen molar-refractivity contribution in [1.29, 1.82) is 0 Å². The van der Waals surface area contributed by atoms with Crippen LogP contribution in [0.15, 0.2) is 18.9 Å². The fourth-order valence-corrected chi connectivity index (χ4v) is 2.14. The second-order valence-electron chi connectivity index (χ2n) is 4.20. The van der Waals surface area contributed by atoms with Gasteiger partial charge in [0.2, 0.25) is 0 Å². The summed E-state index contributed by atoms with van der Waals surface area (Å²) < 4.78 is 7.16. The monoisotopic (exact) mass is 251 g/mol. The maximum atomic E-state index is 9.82. The van der Waals surface area contributed by atoms with E-state index in [1.165, 1.54) is 12.7 Å². The van der Waals surface area contributed by atoms with Gasteiger partial charge in [0.25, 0.3) is 0 Å². The van der Waals surface area contributed by atoms with Gasteiger partial charge in [-0.05, 0) is 0 Å². The minimum absolute atomic E-state index is 0.285. The van der Waals surface area contributed by atoms with Crippen molar-refractivity contribution in [3.05, 3.63) is 18.9 Å². The number of aliphatic hydroxyl groups is 2. The number of ether oxygens (including phenoxy) is 1. The maximum absolute atomic E-state index is 9.82. The molecule has 0 radical (unpaired) electrons. The van der Waals surface area contributed by atoms with Crippen molar-refractivity contribution in [2.24, 2.45) is 5.73 Å². The predicted octanol–water partition coefficient (Wildman–Crippen LogP) is -1.60. The van der Waals surface area contributed by atoms with Crippen LogP contribution >= 0.6 is 0 Å². The highest BCUT2D eigenvalue weighted by molar-refractivity contribution is 5.69. The molecule has 1 unspecified atom stereocenters. The van der Waals surface area contributed by atoms with Gasteiger partial charge in [-0.1, -0.05) is 0 Å². The van der Waals surface area contributed by atoms with Gasteiger partial charge in [-0.3, -0.25) is 4.57 Å². The molecule has 1 saturated heterocycles. The van der Waals surface area contributed by atoms with E-state index in [9.17, 15) is 5.11 Å². The Bertz CT molecular complexity index is 559. The molecule has 4 N–H and O–H groups in total. The van der Waals surface area contributed by atoms with Crippen LogP contribution in [0.25, 0.3) is 11.2 Å². The Balaban J connectivity index is 2.00. The van der Waals surface area contributed by atoms with E-state index in [-0.39, 0.29) is 6.61 Å². The summed E-state index contributed by atoms with van der Waals surface area (Å²) in [6.45, 7) is -0.285. The van der Waals surface area contributed by atoms with E-state index in [2.05, 4.69) is 15.0 Å². The quantitative estimate of drug-likeness (QED) is 0.588. The van der Waals surface area contributed by atoms with Crippen molar-refractivity contribution in [3.8, 4) is 0 Å². The Labute approximate surface area is 102 Å². The molecule has 3 rings (SSSR count). The summed E-state index contributed by atoms with van der Waals surface area (Å²) in [4.78, 5) is 12.1. The average molecular weight is 251 g/mol. The Kier molecular flexibility index (Phi) is 2.71. The van der Waals surface area contributed by atoms with Crippen LogP contribution in [0, 0.1) is 0 Å². The van der Waals surface area contributed by atoms with E-state index < -0.39 is 24.5 Å². The van der Waals surface area contributed by atoms with E-state index in [4.69, 9.17) is 15.6 Å². The Morgan fingerprint density at radius 1 is 1.44 bits per heavy atom. The highest BCUT2D eigenvalue weighted by Crippen LogP contribution is 2.29. The fraction of sp³-hybridized carbons (Fsp3) is 0.500. The van der Waals surface area contributed by atoms with Crippen LogP contribution in [0.4, 0.5) is 0 Å². The van der Waals surface area contributed by atoms with Gasteiger partial charge in [0.1, 0.15) is 24.1 Å². The van der Waals surface area contributed by atoms with Crippen LogP contribution in [-0.2, 0) is 4.74 Å². The van der Waals surface area contributed by atoms with Gasteiger partial charge in [0.15, 0.2) is 11.9 Å². The molecule has 2 aromatic rings. The zero-order chi connectivity index (χ0) is 12.7. The Hall–Kier alpha value is -1.61. The molecular formula is C10H13N5O3. The minimum Gasteiger partial charge on any atom is -0.394 e. The molecule has 0 aromatic carbocycles. The lowest BCUT2D eigenvalue weighted by molar-refractivity contribution is -0.0437. The number of hydrogen-bond donors (Lipinski definition) is 3. The van der Waals surface area contributed by atoms with Gasteiger partial charge in [0.05, 0.1) is 25.2 Å².